The first-order valence-electron chi connectivity index (χ1n) is 7.12. The van der Waals surface area contributed by atoms with E-state index in [2.05, 4.69) is 21.6 Å². The van der Waals surface area contributed by atoms with Gasteiger partial charge in [0.25, 0.3) is 0 Å². The lowest BCUT2D eigenvalue weighted by molar-refractivity contribution is 0.0184. The third-order valence-corrected chi connectivity index (χ3v) is 3.75. The smallest absolute Gasteiger partial charge is 0.159 e. The largest absolute Gasteiger partial charge is 0.382 e. The molecule has 2 atom stereocenters. The van der Waals surface area contributed by atoms with Crippen LogP contribution >= 0.6 is 11.6 Å². The molecule has 0 aromatic carbocycles. The topological polar surface area (TPSA) is 54.1 Å². The third-order valence-electron chi connectivity index (χ3n) is 3.56. The summed E-state index contributed by atoms with van der Waals surface area (Å²) in [5, 5.41) is 4.35. The van der Waals surface area contributed by atoms with Crippen LogP contribution in [-0.4, -0.2) is 46.3 Å². The van der Waals surface area contributed by atoms with Gasteiger partial charge in [0.1, 0.15) is 11.3 Å². The second kappa shape index (κ2) is 6.77. The van der Waals surface area contributed by atoms with Crippen molar-refractivity contribution >= 4 is 22.8 Å². The summed E-state index contributed by atoms with van der Waals surface area (Å²) >= 11 is 6.30. The molecule has 6 nitrogen and oxygen atoms in total. The molecule has 0 fully saturated rings. The third kappa shape index (κ3) is 3.07. The van der Waals surface area contributed by atoms with Gasteiger partial charge < -0.3 is 14.0 Å². The number of nitrogens with zero attached hydrogens (tertiary/aromatic N) is 4. The van der Waals surface area contributed by atoms with Gasteiger partial charge >= 0.3 is 0 Å². The molecular formula is C14H23ClN4O2. The Bertz CT molecular complexity index is 606. The number of hydrogen-bond donors (Lipinski definition) is 0. The monoisotopic (exact) mass is 314 g/mol. The molecule has 0 saturated carbocycles. The Morgan fingerprint density at radius 2 is 2.05 bits per heavy atom. The van der Waals surface area contributed by atoms with E-state index in [1.165, 1.54) is 0 Å². The van der Waals surface area contributed by atoms with Crippen LogP contribution in [0, 0.1) is 6.92 Å². The first kappa shape index (κ1) is 16.3. The van der Waals surface area contributed by atoms with Gasteiger partial charge in [0, 0.05) is 20.8 Å². The first-order valence-corrected chi connectivity index (χ1v) is 7.56. The van der Waals surface area contributed by atoms with Gasteiger partial charge in [-0.3, -0.25) is 0 Å². The zero-order valence-corrected chi connectivity index (χ0v) is 14.0. The Morgan fingerprint density at radius 3 is 2.57 bits per heavy atom. The molecule has 0 radical (unpaired) electrons. The van der Waals surface area contributed by atoms with Gasteiger partial charge in [-0.25, -0.2) is 9.67 Å². The van der Waals surface area contributed by atoms with Crippen molar-refractivity contribution in [2.45, 2.75) is 45.3 Å². The number of fused-ring (bicyclic) bond motifs is 1. The van der Waals surface area contributed by atoms with Crippen molar-refractivity contribution in [1.82, 2.24) is 19.3 Å². The van der Waals surface area contributed by atoms with Crippen molar-refractivity contribution in [3.63, 3.8) is 0 Å². The van der Waals surface area contributed by atoms with Crippen molar-refractivity contribution in [1.29, 1.82) is 0 Å². The molecule has 0 aliphatic rings. The van der Waals surface area contributed by atoms with Gasteiger partial charge in [0.05, 0.1) is 30.3 Å². The Labute approximate surface area is 130 Å². The van der Waals surface area contributed by atoms with Gasteiger partial charge in [-0.05, 0) is 20.8 Å². The molecule has 2 unspecified atom stereocenters. The minimum Gasteiger partial charge on any atom is -0.382 e. The number of aromatic nitrogens is 4. The van der Waals surface area contributed by atoms with Crippen molar-refractivity contribution in [3.8, 4) is 0 Å². The molecule has 21 heavy (non-hydrogen) atoms. The summed E-state index contributed by atoms with van der Waals surface area (Å²) in [4.78, 5) is 4.68. The zero-order valence-electron chi connectivity index (χ0n) is 13.3. The average Bonchev–Trinajstić information content (AvgIpc) is 2.97. The predicted molar refractivity (Wildman–Crippen MR) is 82.9 cm³/mol. The van der Waals surface area contributed by atoms with E-state index in [9.17, 15) is 0 Å². The molecule has 0 spiro atoms. The van der Waals surface area contributed by atoms with E-state index < -0.39 is 0 Å². The van der Waals surface area contributed by atoms with E-state index >= 15 is 0 Å². The SMILES string of the molecule is CCn1nc(C)c2nc(C(C)Cl)n(CC(COC)OC)c21. The molecule has 0 aliphatic carbocycles. The second-order valence-corrected chi connectivity index (χ2v) is 5.74. The van der Waals surface area contributed by atoms with Gasteiger partial charge in [-0.15, -0.1) is 11.6 Å². The lowest BCUT2D eigenvalue weighted by atomic mass is 10.3. The van der Waals surface area contributed by atoms with Crippen LogP contribution in [0.5, 0.6) is 0 Å². The number of methoxy groups -OCH3 is 2. The number of aryl methyl sites for hydroxylation is 2. The molecule has 0 saturated heterocycles. The molecule has 118 valence electrons. The van der Waals surface area contributed by atoms with Gasteiger partial charge in [-0.2, -0.15) is 5.10 Å². The quantitative estimate of drug-likeness (QED) is 0.737. The summed E-state index contributed by atoms with van der Waals surface area (Å²) in [7, 11) is 3.35. The molecule has 2 heterocycles. The Kier molecular flexibility index (Phi) is 5.24. The number of ether oxygens (including phenoxy) is 2. The predicted octanol–water partition coefficient (Wildman–Crippen LogP) is 2.52. The van der Waals surface area contributed by atoms with Crippen LogP contribution in [0.4, 0.5) is 0 Å². The van der Waals surface area contributed by atoms with E-state index in [0.29, 0.717) is 13.2 Å². The van der Waals surface area contributed by atoms with Crippen LogP contribution in [-0.2, 0) is 22.6 Å². The van der Waals surface area contributed by atoms with Crippen molar-refractivity contribution < 1.29 is 9.47 Å². The zero-order chi connectivity index (χ0) is 15.6. The fourth-order valence-corrected chi connectivity index (χ4v) is 2.70. The number of halogens is 1. The molecule has 2 aromatic rings. The lowest BCUT2D eigenvalue weighted by Gasteiger charge is -2.18. The fraction of sp³-hybridized carbons (Fsp3) is 0.714. The molecule has 2 aromatic heterocycles. The number of alkyl halides is 1. The molecule has 7 heteroatoms. The summed E-state index contributed by atoms with van der Waals surface area (Å²) in [5.41, 5.74) is 2.83. The van der Waals surface area contributed by atoms with Crippen LogP contribution in [0.3, 0.4) is 0 Å². The molecule has 0 aliphatic heterocycles. The van der Waals surface area contributed by atoms with E-state index in [1.807, 2.05) is 18.5 Å². The Hall–Kier alpha value is -1.11. The van der Waals surface area contributed by atoms with E-state index in [-0.39, 0.29) is 11.5 Å². The van der Waals surface area contributed by atoms with Gasteiger partial charge in [0.15, 0.2) is 5.65 Å². The van der Waals surface area contributed by atoms with E-state index in [0.717, 1.165) is 29.2 Å². The highest BCUT2D eigenvalue weighted by Crippen LogP contribution is 2.27. The maximum atomic E-state index is 6.30. The van der Waals surface area contributed by atoms with Crippen LogP contribution in [0.15, 0.2) is 0 Å². The average molecular weight is 315 g/mol. The molecular weight excluding hydrogens is 292 g/mol. The molecule has 0 bridgehead atoms. The number of hydrogen-bond acceptors (Lipinski definition) is 4. The Balaban J connectivity index is 2.54. The van der Waals surface area contributed by atoms with Gasteiger partial charge in [0.2, 0.25) is 0 Å². The lowest BCUT2D eigenvalue weighted by Crippen LogP contribution is -2.25. The molecule has 2 rings (SSSR count). The highest BCUT2D eigenvalue weighted by atomic mass is 35.5. The van der Waals surface area contributed by atoms with Crippen LogP contribution < -0.4 is 0 Å². The molecule has 0 N–H and O–H groups in total. The van der Waals surface area contributed by atoms with Crippen molar-refractivity contribution in [2.75, 3.05) is 20.8 Å². The fourth-order valence-electron chi connectivity index (χ4n) is 2.53. The van der Waals surface area contributed by atoms with Crippen molar-refractivity contribution in [2.24, 2.45) is 0 Å². The summed E-state index contributed by atoms with van der Waals surface area (Å²) < 4.78 is 14.7. The minimum absolute atomic E-state index is 0.0536. The normalized spacial score (nSPS) is 14.8. The first-order chi connectivity index (χ1) is 10.0. The van der Waals surface area contributed by atoms with Gasteiger partial charge in [-0.1, -0.05) is 0 Å². The van der Waals surface area contributed by atoms with E-state index in [4.69, 9.17) is 21.1 Å². The maximum absolute atomic E-state index is 6.30. The standard InChI is InChI=1S/C14H23ClN4O2/c1-6-19-14-12(10(3)17-19)16-13(9(2)15)18(14)7-11(21-5)8-20-4/h9,11H,6-8H2,1-5H3. The highest BCUT2D eigenvalue weighted by Gasteiger charge is 2.23. The van der Waals surface area contributed by atoms with Crippen LogP contribution in [0.1, 0.15) is 30.7 Å². The summed E-state index contributed by atoms with van der Waals surface area (Å²) in [5.74, 6) is 0.840. The summed E-state index contributed by atoms with van der Waals surface area (Å²) in [6, 6.07) is 0. The number of rotatable bonds is 7. The summed E-state index contributed by atoms with van der Waals surface area (Å²) in [6.45, 7) is 7.90. The molecule has 0 amide bonds. The second-order valence-electron chi connectivity index (χ2n) is 5.08. The highest BCUT2D eigenvalue weighted by molar-refractivity contribution is 6.20. The Morgan fingerprint density at radius 1 is 1.33 bits per heavy atom. The van der Waals surface area contributed by atoms with Crippen LogP contribution in [0.2, 0.25) is 0 Å². The number of imidazole rings is 1. The van der Waals surface area contributed by atoms with Crippen LogP contribution in [0.25, 0.3) is 11.2 Å². The minimum atomic E-state index is -0.179. The van der Waals surface area contributed by atoms with E-state index in [1.54, 1.807) is 14.2 Å². The van der Waals surface area contributed by atoms with Crippen molar-refractivity contribution in [3.05, 3.63) is 11.5 Å². The maximum Gasteiger partial charge on any atom is 0.159 e. The summed E-state index contributed by atoms with van der Waals surface area (Å²) in [6.07, 6.45) is -0.0536.